The fourth-order valence-electron chi connectivity index (χ4n) is 2.88. The zero-order valence-corrected chi connectivity index (χ0v) is 19.2. The van der Waals surface area contributed by atoms with Crippen molar-refractivity contribution in [1.82, 2.24) is 10.2 Å². The lowest BCUT2D eigenvalue weighted by Gasteiger charge is -2.28. The van der Waals surface area contributed by atoms with Gasteiger partial charge >= 0.3 is 0 Å². The average molecular weight is 453 g/mol. The van der Waals surface area contributed by atoms with E-state index in [1.54, 1.807) is 17.9 Å². The maximum Gasteiger partial charge on any atom is 0.242 e. The first-order valence-corrected chi connectivity index (χ1v) is 11.4. The van der Waals surface area contributed by atoms with Crippen LogP contribution in [0.25, 0.3) is 0 Å². The van der Waals surface area contributed by atoms with Crippen LogP contribution >= 0.6 is 35.0 Å². The number of hydrogen-bond acceptors (Lipinski definition) is 3. The highest BCUT2D eigenvalue weighted by molar-refractivity contribution is 7.99. The van der Waals surface area contributed by atoms with Crippen LogP contribution in [0.1, 0.15) is 30.5 Å². The van der Waals surface area contributed by atoms with Gasteiger partial charge in [-0.3, -0.25) is 9.59 Å². The maximum atomic E-state index is 13.0. The number of thioether (sulfide) groups is 1. The van der Waals surface area contributed by atoms with Gasteiger partial charge in [0.1, 0.15) is 6.04 Å². The zero-order valence-electron chi connectivity index (χ0n) is 16.9. The monoisotopic (exact) mass is 452 g/mol. The van der Waals surface area contributed by atoms with E-state index in [1.807, 2.05) is 50.2 Å². The quantitative estimate of drug-likeness (QED) is 0.576. The van der Waals surface area contributed by atoms with Crippen molar-refractivity contribution >= 4 is 46.8 Å². The normalized spacial score (nSPS) is 11.8. The number of rotatable bonds is 9. The predicted molar refractivity (Wildman–Crippen MR) is 122 cm³/mol. The van der Waals surface area contributed by atoms with E-state index < -0.39 is 6.04 Å². The van der Waals surface area contributed by atoms with Crippen molar-refractivity contribution in [3.63, 3.8) is 0 Å². The van der Waals surface area contributed by atoms with Gasteiger partial charge in [-0.2, -0.15) is 0 Å². The first-order valence-electron chi connectivity index (χ1n) is 9.46. The lowest BCUT2D eigenvalue weighted by atomic mass is 10.1. The van der Waals surface area contributed by atoms with E-state index >= 15 is 0 Å². The number of nitrogens with zero attached hydrogens (tertiary/aromatic N) is 1. The fraction of sp³-hybridized carbons (Fsp3) is 0.364. The number of likely N-dealkylation sites (N-methyl/N-ethyl adjacent to an activating group) is 1. The Morgan fingerprint density at radius 1 is 1.10 bits per heavy atom. The van der Waals surface area contributed by atoms with Crippen LogP contribution < -0.4 is 5.32 Å². The zero-order chi connectivity index (χ0) is 21.4. The van der Waals surface area contributed by atoms with Crippen molar-refractivity contribution in [2.45, 2.75) is 39.1 Å². The number of hydrogen-bond donors (Lipinski definition) is 1. The molecule has 0 heterocycles. The van der Waals surface area contributed by atoms with Crippen LogP contribution in [0.5, 0.6) is 0 Å². The molecule has 2 rings (SSSR count). The summed E-state index contributed by atoms with van der Waals surface area (Å²) in [5, 5.41) is 3.82. The lowest BCUT2D eigenvalue weighted by molar-refractivity contribution is -0.138. The molecule has 0 saturated heterocycles. The Labute approximate surface area is 187 Å². The topological polar surface area (TPSA) is 49.4 Å². The Balaban J connectivity index is 2.06. The lowest BCUT2D eigenvalue weighted by Crippen LogP contribution is -2.48. The van der Waals surface area contributed by atoms with Crippen LogP contribution in [0.15, 0.2) is 42.5 Å². The van der Waals surface area contributed by atoms with Gasteiger partial charge in [0, 0.05) is 18.8 Å². The highest BCUT2D eigenvalue weighted by Crippen LogP contribution is 2.25. The number of halogens is 2. The summed E-state index contributed by atoms with van der Waals surface area (Å²) in [6.45, 7) is 6.57. The van der Waals surface area contributed by atoms with Crippen LogP contribution in [-0.2, 0) is 21.9 Å². The molecule has 0 saturated carbocycles. The minimum Gasteiger partial charge on any atom is -0.355 e. The van der Waals surface area contributed by atoms with Gasteiger partial charge in [-0.15, -0.1) is 11.8 Å². The van der Waals surface area contributed by atoms with E-state index in [2.05, 4.69) is 5.32 Å². The highest BCUT2D eigenvalue weighted by Gasteiger charge is 2.25. The molecule has 4 nitrogen and oxygen atoms in total. The third-order valence-corrected chi connectivity index (χ3v) is 6.16. The largest absolute Gasteiger partial charge is 0.355 e. The van der Waals surface area contributed by atoms with Crippen LogP contribution in [0.2, 0.25) is 10.0 Å². The maximum absolute atomic E-state index is 13.0. The van der Waals surface area contributed by atoms with E-state index in [4.69, 9.17) is 23.2 Å². The number of aryl methyl sites for hydroxylation is 1. The summed E-state index contributed by atoms with van der Waals surface area (Å²) < 4.78 is 0. The van der Waals surface area contributed by atoms with Crippen LogP contribution in [0.4, 0.5) is 0 Å². The molecule has 0 aliphatic carbocycles. The number of carbonyl (C=O) groups excluding carboxylic acids is 2. The van der Waals surface area contributed by atoms with E-state index in [9.17, 15) is 9.59 Å². The molecule has 0 fully saturated rings. The molecular formula is C22H26Cl2N2O2S. The summed E-state index contributed by atoms with van der Waals surface area (Å²) in [5.74, 6) is 0.685. The molecule has 2 aromatic rings. The van der Waals surface area contributed by atoms with Gasteiger partial charge in [-0.1, -0.05) is 59.1 Å². The Kier molecular flexibility index (Phi) is 9.34. The van der Waals surface area contributed by atoms with Gasteiger partial charge in [-0.05, 0) is 44.0 Å². The number of amides is 2. The number of benzene rings is 2. The van der Waals surface area contributed by atoms with E-state index in [1.165, 1.54) is 11.8 Å². The summed E-state index contributed by atoms with van der Waals surface area (Å²) >= 11 is 13.5. The Hall–Kier alpha value is -1.69. The Bertz CT molecular complexity index is 860. The molecule has 2 amide bonds. The molecule has 1 unspecified atom stereocenters. The molecular weight excluding hydrogens is 427 g/mol. The number of carbonyl (C=O) groups is 2. The van der Waals surface area contributed by atoms with Gasteiger partial charge in [0.15, 0.2) is 0 Å². The molecule has 0 radical (unpaired) electrons. The third kappa shape index (κ3) is 7.25. The molecule has 7 heteroatoms. The van der Waals surface area contributed by atoms with Crippen molar-refractivity contribution in [1.29, 1.82) is 0 Å². The van der Waals surface area contributed by atoms with Crippen LogP contribution in [0, 0.1) is 6.92 Å². The van der Waals surface area contributed by atoms with E-state index in [0.29, 0.717) is 28.9 Å². The molecule has 0 bridgehead atoms. The van der Waals surface area contributed by atoms with E-state index in [-0.39, 0.29) is 17.6 Å². The molecule has 1 N–H and O–H groups in total. The SMILES string of the molecule is CCNC(=O)C(C)N(Cc1cccc(C)c1)C(=O)CSCc1ccc(Cl)c(Cl)c1. The second-order valence-electron chi connectivity index (χ2n) is 6.82. The molecule has 0 aliphatic heterocycles. The van der Waals surface area contributed by atoms with Crippen molar-refractivity contribution in [2.75, 3.05) is 12.3 Å². The smallest absolute Gasteiger partial charge is 0.242 e. The average Bonchev–Trinajstić information content (AvgIpc) is 2.68. The Morgan fingerprint density at radius 3 is 2.52 bits per heavy atom. The van der Waals surface area contributed by atoms with Crippen molar-refractivity contribution in [3.05, 3.63) is 69.2 Å². The van der Waals surface area contributed by atoms with Crippen LogP contribution in [0.3, 0.4) is 0 Å². The number of nitrogens with one attached hydrogen (secondary N) is 1. The molecule has 156 valence electrons. The molecule has 29 heavy (non-hydrogen) atoms. The van der Waals surface area contributed by atoms with Gasteiger partial charge in [-0.25, -0.2) is 0 Å². The summed E-state index contributed by atoms with van der Waals surface area (Å²) in [7, 11) is 0. The first-order chi connectivity index (χ1) is 13.8. The summed E-state index contributed by atoms with van der Waals surface area (Å²) in [6, 6.07) is 12.9. The van der Waals surface area contributed by atoms with Crippen molar-refractivity contribution in [2.24, 2.45) is 0 Å². The first kappa shape index (κ1) is 23.6. The molecule has 0 spiro atoms. The molecule has 1 atom stereocenters. The second-order valence-corrected chi connectivity index (χ2v) is 8.62. The summed E-state index contributed by atoms with van der Waals surface area (Å²) in [6.07, 6.45) is 0. The molecule has 2 aromatic carbocycles. The van der Waals surface area contributed by atoms with Gasteiger partial charge in [0.2, 0.25) is 11.8 Å². The van der Waals surface area contributed by atoms with Crippen LogP contribution in [-0.4, -0.2) is 35.1 Å². The summed E-state index contributed by atoms with van der Waals surface area (Å²) in [5.41, 5.74) is 3.12. The summed E-state index contributed by atoms with van der Waals surface area (Å²) in [4.78, 5) is 27.0. The van der Waals surface area contributed by atoms with Crippen molar-refractivity contribution in [3.8, 4) is 0 Å². The minimum atomic E-state index is -0.548. The standard InChI is InChI=1S/C22H26Cl2N2O2S/c1-4-25-22(28)16(3)26(12-17-7-5-6-15(2)10-17)21(27)14-29-13-18-8-9-19(23)20(24)11-18/h5-11,16H,4,12-14H2,1-3H3,(H,25,28). The molecule has 0 aromatic heterocycles. The van der Waals surface area contributed by atoms with Gasteiger partial charge in [0.05, 0.1) is 15.8 Å². The van der Waals surface area contributed by atoms with Crippen molar-refractivity contribution < 1.29 is 9.59 Å². The Morgan fingerprint density at radius 2 is 1.86 bits per heavy atom. The minimum absolute atomic E-state index is 0.0738. The second kappa shape index (κ2) is 11.5. The van der Waals surface area contributed by atoms with E-state index in [0.717, 1.165) is 16.7 Å². The van der Waals surface area contributed by atoms with Gasteiger partial charge < -0.3 is 10.2 Å². The molecule has 0 aliphatic rings. The van der Waals surface area contributed by atoms with Gasteiger partial charge in [0.25, 0.3) is 0 Å². The fourth-order valence-corrected chi connectivity index (χ4v) is 4.06. The third-order valence-electron chi connectivity index (χ3n) is 4.43. The highest BCUT2D eigenvalue weighted by atomic mass is 35.5. The predicted octanol–water partition coefficient (Wildman–Crippen LogP) is 5.09.